The lowest BCUT2D eigenvalue weighted by Gasteiger charge is -2.54. The minimum atomic E-state index is -1.30. The number of hydrogen-bond donors (Lipinski definition) is 3. The number of hydrogen-bond acceptors (Lipinski definition) is 11. The van der Waals surface area contributed by atoms with Gasteiger partial charge in [0.05, 0.1) is 25.4 Å². The molecule has 77 heavy (non-hydrogen) atoms. The zero-order valence-electron chi connectivity index (χ0n) is 44.9. The molecule has 0 unspecified atom stereocenters. The zero-order valence-corrected chi connectivity index (χ0v) is 44.9. The summed E-state index contributed by atoms with van der Waals surface area (Å²) in [6.45, 7) is 0.741. The Labute approximate surface area is 452 Å². The smallest absolute Gasteiger partial charge is 0.340 e. The summed E-state index contributed by atoms with van der Waals surface area (Å²) in [5.41, 5.74) is 5.94. The highest BCUT2D eigenvalue weighted by Crippen LogP contribution is 2.57. The number of benzene rings is 4. The molecule has 7 aliphatic rings. The molecule has 0 radical (unpaired) electrons. The van der Waals surface area contributed by atoms with E-state index in [2.05, 4.69) is 91.0 Å². The Morgan fingerprint density at radius 3 is 2.36 bits per heavy atom. The first-order valence-corrected chi connectivity index (χ1v) is 28.7. The Kier molecular flexibility index (Phi) is 15.8. The van der Waals surface area contributed by atoms with E-state index in [9.17, 15) is 20.1 Å². The molecule has 9 atom stereocenters. The highest BCUT2D eigenvalue weighted by Gasteiger charge is 2.61. The Bertz CT molecular complexity index is 3050. The Morgan fingerprint density at radius 1 is 0.805 bits per heavy atom. The van der Waals surface area contributed by atoms with Gasteiger partial charge in [-0.1, -0.05) is 123 Å². The summed E-state index contributed by atoms with van der Waals surface area (Å²) >= 11 is 0. The topological polar surface area (TPSA) is 162 Å². The molecular formula is C66H76O11. The number of fused-ring (bicyclic) bond motifs is 13. The van der Waals surface area contributed by atoms with Gasteiger partial charge in [0, 0.05) is 60.3 Å². The molecule has 406 valence electrons. The second-order valence-electron chi connectivity index (χ2n) is 23.3. The van der Waals surface area contributed by atoms with Crippen LogP contribution >= 0.6 is 0 Å². The van der Waals surface area contributed by atoms with Gasteiger partial charge in [0.25, 0.3) is 0 Å². The number of carbonyl (C=O) groups is 2. The molecule has 2 bridgehead atoms. The number of allylic oxidation sites excluding steroid dienone is 1. The molecule has 3 aliphatic heterocycles. The van der Waals surface area contributed by atoms with Crippen LogP contribution in [0.15, 0.2) is 124 Å². The standard InChI is InChI=1S/C66H76O11/c1-41(38-68)51-26-22-42-20-23-43(24-21-42)52-27-25-46(45-14-11-18-50(36-45)65(31-9-4-10-32-65)49-16-5-3-6-17-49)35-48(52)37-57(70)74-61-59-56(77-66(62(61)76-63(51)71)33-12-15-44-13-7-8-19-55(44)66)29-28-53-54(39-69)58(64(72)75-60(53)59)47(30-34-67)40-73-2/h3,5-6,11-12,14-18,20-21,23-24,28-29,36,44,46-48,52,55,61-62,67-69H,4,7-10,13,19,22,25-27,30-35,37-40H2,1-2H3/b51-41-/t44-,46-,47+,48-,52-,55-,61+,62-,66-/m0/s1. The van der Waals surface area contributed by atoms with Crippen LogP contribution in [0.3, 0.4) is 0 Å². The fourth-order valence-electron chi connectivity index (χ4n) is 15.3. The van der Waals surface area contributed by atoms with Crippen molar-refractivity contribution in [2.75, 3.05) is 26.9 Å². The minimum absolute atomic E-state index is 0.0510. The van der Waals surface area contributed by atoms with Crippen molar-refractivity contribution in [1.29, 1.82) is 0 Å². The lowest BCUT2D eigenvalue weighted by atomic mass is 9.62. The number of methoxy groups -OCH3 is 1. The molecule has 3 N–H and O–H groups in total. The van der Waals surface area contributed by atoms with Crippen LogP contribution in [0.2, 0.25) is 0 Å². The van der Waals surface area contributed by atoms with Gasteiger partial charge < -0.3 is 38.7 Å². The molecule has 12 rings (SSSR count). The van der Waals surface area contributed by atoms with Gasteiger partial charge in [-0.25, -0.2) is 9.59 Å². The summed E-state index contributed by atoms with van der Waals surface area (Å²) in [7, 11) is 1.52. The third-order valence-corrected chi connectivity index (χ3v) is 19.2. The van der Waals surface area contributed by atoms with E-state index in [-0.39, 0.29) is 84.4 Å². The fourth-order valence-corrected chi connectivity index (χ4v) is 15.3. The number of esters is 2. The summed E-state index contributed by atoms with van der Waals surface area (Å²) in [6, 6.07) is 32.5. The monoisotopic (exact) mass is 1040 g/mol. The van der Waals surface area contributed by atoms with Gasteiger partial charge in [0.1, 0.15) is 11.3 Å². The van der Waals surface area contributed by atoms with Crippen molar-refractivity contribution in [3.63, 3.8) is 0 Å². The van der Waals surface area contributed by atoms with E-state index >= 15 is 9.59 Å². The number of ether oxygens (including phenoxy) is 4. The van der Waals surface area contributed by atoms with E-state index in [0.717, 1.165) is 68.9 Å². The maximum atomic E-state index is 15.6. The van der Waals surface area contributed by atoms with Crippen LogP contribution in [-0.4, -0.2) is 65.9 Å². The molecule has 3 fully saturated rings. The lowest BCUT2D eigenvalue weighted by Crippen LogP contribution is -2.62. The number of rotatable bonds is 10. The first-order valence-electron chi connectivity index (χ1n) is 28.7. The third kappa shape index (κ3) is 10.0. The second-order valence-corrected chi connectivity index (χ2v) is 23.3. The highest BCUT2D eigenvalue weighted by atomic mass is 16.6. The number of aryl methyl sites for hydroxylation is 1. The van der Waals surface area contributed by atoms with E-state index < -0.39 is 47.9 Å². The van der Waals surface area contributed by atoms with Gasteiger partial charge in [-0.15, -0.1) is 0 Å². The summed E-state index contributed by atoms with van der Waals surface area (Å²) < 4.78 is 33.3. The molecular weight excluding hydrogens is 969 g/mol. The van der Waals surface area contributed by atoms with Crippen molar-refractivity contribution in [1.82, 2.24) is 0 Å². The van der Waals surface area contributed by atoms with Gasteiger partial charge in [-0.3, -0.25) is 4.79 Å². The molecule has 5 aromatic rings. The Hall–Kier alpha value is -5.85. The molecule has 11 nitrogen and oxygen atoms in total. The zero-order chi connectivity index (χ0) is 53.3. The molecule has 0 saturated heterocycles. The van der Waals surface area contributed by atoms with E-state index in [1.54, 1.807) is 19.1 Å². The van der Waals surface area contributed by atoms with E-state index in [4.69, 9.17) is 23.4 Å². The summed E-state index contributed by atoms with van der Waals surface area (Å²) in [5, 5.41) is 32.3. The van der Waals surface area contributed by atoms with Crippen molar-refractivity contribution in [3.05, 3.63) is 169 Å². The third-order valence-electron chi connectivity index (χ3n) is 19.2. The predicted octanol–water partition coefficient (Wildman–Crippen LogP) is 12.1. The molecule has 1 aromatic heterocycles. The number of aliphatic hydroxyl groups excluding tert-OH is 3. The normalized spacial score (nSPS) is 28.3. The maximum absolute atomic E-state index is 15.6. The van der Waals surface area contributed by atoms with Crippen LogP contribution in [0.4, 0.5) is 0 Å². The lowest BCUT2D eigenvalue weighted by molar-refractivity contribution is -0.208. The Morgan fingerprint density at radius 2 is 1.60 bits per heavy atom. The van der Waals surface area contributed by atoms with Gasteiger partial charge >= 0.3 is 17.6 Å². The average molecular weight is 1050 g/mol. The second kappa shape index (κ2) is 22.9. The first kappa shape index (κ1) is 53.2. The largest absolute Gasteiger partial charge is 0.482 e. The number of aliphatic hydroxyl groups is 3. The minimum Gasteiger partial charge on any atom is -0.482 e. The van der Waals surface area contributed by atoms with Crippen molar-refractivity contribution in [2.24, 2.45) is 17.8 Å². The molecule has 0 amide bonds. The van der Waals surface area contributed by atoms with E-state index in [1.807, 2.05) is 0 Å². The van der Waals surface area contributed by atoms with Crippen molar-refractivity contribution >= 4 is 22.9 Å². The molecule has 11 heteroatoms. The average Bonchev–Trinajstić information content (AvgIpc) is 3.62. The van der Waals surface area contributed by atoms with Crippen LogP contribution in [-0.2, 0) is 42.2 Å². The quantitative estimate of drug-likeness (QED) is 0.0528. The summed E-state index contributed by atoms with van der Waals surface area (Å²) in [5.74, 6) is -1.21. The Balaban J connectivity index is 1.05. The first-order chi connectivity index (χ1) is 37.6. The van der Waals surface area contributed by atoms with Gasteiger partial charge in [-0.05, 0) is 146 Å². The molecule has 4 aromatic carbocycles. The summed E-state index contributed by atoms with van der Waals surface area (Å²) in [6.07, 6.45) is 15.4. The molecule has 3 saturated carbocycles. The van der Waals surface area contributed by atoms with Crippen LogP contribution in [0, 0.1) is 17.8 Å². The van der Waals surface area contributed by atoms with Crippen LogP contribution in [0.5, 0.6) is 5.75 Å². The SMILES string of the molecule is COC[C@@H](CCO)c1c(CO)c2ccc3c(c2oc1=O)[C@H]1OC(=O)C[C@@H]2C[C@@H](c4cccc(C5(c6ccccc6)CCCCC5)c4)CC[C@H]2c2ccc(cc2)CC/C(=C(\C)CO)C(=O)O[C@@H]1[C@@]1(CC=C[C@@H]2CCCC[C@@H]21)O3. The van der Waals surface area contributed by atoms with Crippen LogP contribution in [0.1, 0.15) is 178 Å². The predicted molar refractivity (Wildman–Crippen MR) is 295 cm³/mol. The van der Waals surface area contributed by atoms with Gasteiger partial charge in [0.15, 0.2) is 17.8 Å². The van der Waals surface area contributed by atoms with E-state index in [1.165, 1.54) is 43.1 Å². The maximum Gasteiger partial charge on any atom is 0.340 e. The van der Waals surface area contributed by atoms with E-state index in [0.29, 0.717) is 47.1 Å². The molecule has 4 heterocycles. The molecule has 4 aliphatic carbocycles. The van der Waals surface area contributed by atoms with Crippen LogP contribution < -0.4 is 10.4 Å². The number of carbonyl (C=O) groups excluding carboxylic acids is 2. The summed E-state index contributed by atoms with van der Waals surface area (Å²) in [4.78, 5) is 45.3. The van der Waals surface area contributed by atoms with Crippen molar-refractivity contribution in [2.45, 2.75) is 164 Å². The van der Waals surface area contributed by atoms with Crippen LogP contribution in [0.25, 0.3) is 11.0 Å². The van der Waals surface area contributed by atoms with Gasteiger partial charge in [-0.2, -0.15) is 0 Å². The fraction of sp³-hybridized carbons (Fsp3) is 0.500. The van der Waals surface area contributed by atoms with Crippen molar-refractivity contribution < 1.29 is 48.3 Å². The highest BCUT2D eigenvalue weighted by molar-refractivity contribution is 5.90. The van der Waals surface area contributed by atoms with Crippen molar-refractivity contribution in [3.8, 4) is 5.75 Å². The van der Waals surface area contributed by atoms with Gasteiger partial charge in [0.2, 0.25) is 0 Å². The molecule has 1 spiro atoms.